The minimum Gasteiger partial charge on any atom is -0.238 e. The molecule has 2 heteroatoms. The molecule has 68 valence electrons. The van der Waals surface area contributed by atoms with Crippen LogP contribution in [0.2, 0.25) is 0 Å². The Bertz CT molecular complexity index is 403. The quantitative estimate of drug-likeness (QED) is 0.684. The Balaban J connectivity index is 2.57. The Morgan fingerprint density at radius 2 is 2.23 bits per heavy atom. The van der Waals surface area contributed by atoms with Gasteiger partial charge in [0.25, 0.3) is 0 Å². The van der Waals surface area contributed by atoms with Crippen LogP contribution in [-0.2, 0) is 0 Å². The maximum Gasteiger partial charge on any atom is 0.0650 e. The van der Waals surface area contributed by atoms with E-state index in [2.05, 4.69) is 37.1 Å². The monoisotopic (exact) mass is 174 g/mol. The van der Waals surface area contributed by atoms with E-state index < -0.39 is 0 Å². The van der Waals surface area contributed by atoms with Crippen molar-refractivity contribution in [3.8, 4) is 0 Å². The van der Waals surface area contributed by atoms with Gasteiger partial charge in [0.1, 0.15) is 0 Å². The van der Waals surface area contributed by atoms with E-state index in [1.54, 1.807) is 0 Å². The summed E-state index contributed by atoms with van der Waals surface area (Å²) in [6.07, 6.45) is 2.99. The molecule has 0 spiro atoms. The van der Waals surface area contributed by atoms with E-state index in [0.29, 0.717) is 5.92 Å². The summed E-state index contributed by atoms with van der Waals surface area (Å²) in [4.78, 5) is 0. The molecule has 13 heavy (non-hydrogen) atoms. The molecule has 2 nitrogen and oxygen atoms in total. The summed E-state index contributed by atoms with van der Waals surface area (Å²) >= 11 is 0. The van der Waals surface area contributed by atoms with Gasteiger partial charge in [-0.15, -0.1) is 0 Å². The van der Waals surface area contributed by atoms with Gasteiger partial charge in [0, 0.05) is 11.9 Å². The highest BCUT2D eigenvalue weighted by atomic mass is 15.2. The summed E-state index contributed by atoms with van der Waals surface area (Å²) < 4.78 is 2.02. The van der Waals surface area contributed by atoms with E-state index in [0.717, 1.165) is 6.42 Å². The van der Waals surface area contributed by atoms with Crippen LogP contribution in [0.3, 0.4) is 0 Å². The third-order valence-corrected chi connectivity index (χ3v) is 2.57. The molecule has 0 saturated heterocycles. The van der Waals surface area contributed by atoms with Gasteiger partial charge in [0.05, 0.1) is 5.52 Å². The highest BCUT2D eigenvalue weighted by Crippen LogP contribution is 2.20. The molecule has 0 radical (unpaired) electrons. The fourth-order valence-electron chi connectivity index (χ4n) is 1.55. The Kier molecular flexibility index (Phi) is 2.05. The van der Waals surface area contributed by atoms with E-state index >= 15 is 0 Å². The summed E-state index contributed by atoms with van der Waals surface area (Å²) in [7, 11) is 0. The predicted octanol–water partition coefficient (Wildman–Crippen LogP) is 2.85. The van der Waals surface area contributed by atoms with Crippen molar-refractivity contribution in [2.24, 2.45) is 0 Å². The van der Waals surface area contributed by atoms with E-state index in [1.165, 1.54) is 11.2 Å². The Morgan fingerprint density at radius 1 is 1.38 bits per heavy atom. The number of fused-ring (bicyclic) bond motifs is 1. The van der Waals surface area contributed by atoms with Crippen molar-refractivity contribution in [3.63, 3.8) is 0 Å². The lowest BCUT2D eigenvalue weighted by atomic mass is 10.1. The third kappa shape index (κ3) is 1.32. The molecule has 0 aliphatic heterocycles. The van der Waals surface area contributed by atoms with Crippen LogP contribution in [0.4, 0.5) is 0 Å². The van der Waals surface area contributed by atoms with Gasteiger partial charge in [-0.2, -0.15) is 5.10 Å². The average Bonchev–Trinajstić information content (AvgIpc) is 2.60. The van der Waals surface area contributed by atoms with Gasteiger partial charge in [0.15, 0.2) is 0 Å². The van der Waals surface area contributed by atoms with E-state index in [1.807, 2.05) is 16.8 Å². The molecule has 0 amide bonds. The first kappa shape index (κ1) is 8.30. The van der Waals surface area contributed by atoms with Gasteiger partial charge >= 0.3 is 0 Å². The first-order chi connectivity index (χ1) is 6.33. The lowest BCUT2D eigenvalue weighted by molar-refractivity contribution is 0.677. The van der Waals surface area contributed by atoms with Gasteiger partial charge in [-0.3, -0.25) is 0 Å². The van der Waals surface area contributed by atoms with Crippen molar-refractivity contribution in [1.29, 1.82) is 0 Å². The predicted molar refractivity (Wildman–Crippen MR) is 53.9 cm³/mol. The lowest BCUT2D eigenvalue weighted by Crippen LogP contribution is -1.99. The second-order valence-corrected chi connectivity index (χ2v) is 3.43. The molecule has 0 bridgehead atoms. The molecule has 0 saturated carbocycles. The molecule has 2 heterocycles. The van der Waals surface area contributed by atoms with Crippen LogP contribution < -0.4 is 0 Å². The zero-order valence-electron chi connectivity index (χ0n) is 8.07. The smallest absolute Gasteiger partial charge is 0.0650 e. The van der Waals surface area contributed by atoms with Crippen LogP contribution in [-0.4, -0.2) is 9.61 Å². The first-order valence-electron chi connectivity index (χ1n) is 4.75. The molecule has 0 aromatic carbocycles. The van der Waals surface area contributed by atoms with Gasteiger partial charge in [-0.1, -0.05) is 13.8 Å². The Morgan fingerprint density at radius 3 is 3.00 bits per heavy atom. The molecule has 0 aliphatic carbocycles. The van der Waals surface area contributed by atoms with Crippen molar-refractivity contribution in [2.45, 2.75) is 26.2 Å². The van der Waals surface area contributed by atoms with Crippen LogP contribution in [0.25, 0.3) is 5.52 Å². The highest BCUT2D eigenvalue weighted by Gasteiger charge is 2.07. The summed E-state index contributed by atoms with van der Waals surface area (Å²) in [6, 6.07) is 8.33. The summed E-state index contributed by atoms with van der Waals surface area (Å²) in [5, 5.41) is 4.33. The molecule has 2 aromatic rings. The second kappa shape index (κ2) is 3.21. The van der Waals surface area contributed by atoms with Crippen LogP contribution in [0.5, 0.6) is 0 Å². The zero-order chi connectivity index (χ0) is 9.26. The van der Waals surface area contributed by atoms with E-state index in [-0.39, 0.29) is 0 Å². The molecule has 0 aliphatic rings. The second-order valence-electron chi connectivity index (χ2n) is 3.43. The number of hydrogen-bond acceptors (Lipinski definition) is 1. The zero-order valence-corrected chi connectivity index (χ0v) is 8.07. The van der Waals surface area contributed by atoms with E-state index in [9.17, 15) is 0 Å². The van der Waals surface area contributed by atoms with Crippen LogP contribution in [0, 0.1) is 0 Å². The highest BCUT2D eigenvalue weighted by molar-refractivity contribution is 5.48. The van der Waals surface area contributed by atoms with Gasteiger partial charge in [-0.25, -0.2) is 4.52 Å². The first-order valence-corrected chi connectivity index (χ1v) is 4.75. The fourth-order valence-corrected chi connectivity index (χ4v) is 1.55. The molecule has 1 unspecified atom stereocenters. The van der Waals surface area contributed by atoms with Crippen LogP contribution >= 0.6 is 0 Å². The van der Waals surface area contributed by atoms with Crippen molar-refractivity contribution < 1.29 is 0 Å². The standard InChI is InChI=1S/C11H14N2/c1-3-9(2)11-7-6-10-5-4-8-12-13(10)11/h4-9H,3H2,1-2H3. The molecule has 2 aromatic heterocycles. The number of hydrogen-bond donors (Lipinski definition) is 0. The minimum absolute atomic E-state index is 0.581. The molecule has 0 N–H and O–H groups in total. The molecular formula is C11H14N2. The summed E-state index contributed by atoms with van der Waals surface area (Å²) in [6.45, 7) is 4.43. The van der Waals surface area contributed by atoms with Gasteiger partial charge in [0.2, 0.25) is 0 Å². The van der Waals surface area contributed by atoms with Gasteiger partial charge < -0.3 is 0 Å². The Labute approximate surface area is 78.2 Å². The Hall–Kier alpha value is -1.31. The molecule has 1 atom stereocenters. The van der Waals surface area contributed by atoms with Crippen LogP contribution in [0.1, 0.15) is 31.9 Å². The largest absolute Gasteiger partial charge is 0.238 e. The molecule has 0 fully saturated rings. The number of aromatic nitrogens is 2. The number of nitrogens with zero attached hydrogens (tertiary/aromatic N) is 2. The normalized spacial score (nSPS) is 13.4. The average molecular weight is 174 g/mol. The maximum absolute atomic E-state index is 4.33. The fraction of sp³-hybridized carbons (Fsp3) is 0.364. The summed E-state index contributed by atoms with van der Waals surface area (Å²) in [5.41, 5.74) is 2.48. The molecular weight excluding hydrogens is 160 g/mol. The van der Waals surface area contributed by atoms with Crippen LogP contribution in [0.15, 0.2) is 30.5 Å². The number of rotatable bonds is 2. The van der Waals surface area contributed by atoms with Crippen molar-refractivity contribution >= 4 is 5.52 Å². The lowest BCUT2D eigenvalue weighted by Gasteiger charge is -2.07. The molecule has 2 rings (SSSR count). The topological polar surface area (TPSA) is 17.3 Å². The third-order valence-electron chi connectivity index (χ3n) is 2.57. The van der Waals surface area contributed by atoms with Crippen molar-refractivity contribution in [2.75, 3.05) is 0 Å². The maximum atomic E-state index is 4.33. The minimum atomic E-state index is 0.581. The summed E-state index contributed by atoms with van der Waals surface area (Å²) in [5.74, 6) is 0.581. The van der Waals surface area contributed by atoms with Crippen molar-refractivity contribution in [3.05, 3.63) is 36.2 Å². The van der Waals surface area contributed by atoms with Crippen molar-refractivity contribution in [1.82, 2.24) is 9.61 Å². The SMILES string of the molecule is CCC(C)c1ccc2cccnn12. The van der Waals surface area contributed by atoms with Gasteiger partial charge in [-0.05, 0) is 36.6 Å². The van der Waals surface area contributed by atoms with E-state index in [4.69, 9.17) is 0 Å².